The van der Waals surface area contributed by atoms with Crippen LogP contribution in [0.4, 0.5) is 0 Å². The van der Waals surface area contributed by atoms with Gasteiger partial charge in [0, 0.05) is 21.6 Å². The van der Waals surface area contributed by atoms with Crippen LogP contribution in [0.1, 0.15) is 29.2 Å². The zero-order valence-corrected chi connectivity index (χ0v) is 13.3. The molecule has 0 fully saturated rings. The average molecular weight is 312 g/mol. The largest absolute Gasteiger partial charge is 0.497 e. The van der Waals surface area contributed by atoms with E-state index in [-0.39, 0.29) is 0 Å². The Kier molecular flexibility index (Phi) is 3.34. The van der Waals surface area contributed by atoms with Gasteiger partial charge in [-0.1, -0.05) is 23.7 Å². The molecule has 22 heavy (non-hydrogen) atoms. The van der Waals surface area contributed by atoms with Gasteiger partial charge in [-0.3, -0.25) is 0 Å². The summed E-state index contributed by atoms with van der Waals surface area (Å²) < 4.78 is 5.38. The minimum absolute atomic E-state index is 0.565. The van der Waals surface area contributed by atoms with Crippen LogP contribution in [0.5, 0.6) is 5.75 Å². The summed E-state index contributed by atoms with van der Waals surface area (Å²) in [4.78, 5) is 3.57. The van der Waals surface area contributed by atoms with Crippen molar-refractivity contribution in [3.8, 4) is 5.75 Å². The molecule has 0 bridgehead atoms. The molecule has 0 radical (unpaired) electrons. The molecule has 3 heteroatoms. The van der Waals surface area contributed by atoms with Crippen LogP contribution in [0.3, 0.4) is 0 Å². The molecule has 1 atom stereocenters. The lowest BCUT2D eigenvalue weighted by molar-refractivity contribution is 0.415. The molecule has 1 aliphatic rings. The van der Waals surface area contributed by atoms with Gasteiger partial charge in [0.05, 0.1) is 7.11 Å². The number of hydrogen-bond acceptors (Lipinski definition) is 1. The predicted molar refractivity (Wildman–Crippen MR) is 91.1 cm³/mol. The number of fused-ring (bicyclic) bond motifs is 3. The Morgan fingerprint density at radius 3 is 2.73 bits per heavy atom. The first kappa shape index (κ1) is 13.7. The van der Waals surface area contributed by atoms with Crippen molar-refractivity contribution in [1.82, 2.24) is 4.98 Å². The second kappa shape index (κ2) is 5.36. The zero-order chi connectivity index (χ0) is 15.1. The molecule has 0 spiro atoms. The van der Waals surface area contributed by atoms with E-state index in [1.165, 1.54) is 34.1 Å². The van der Waals surface area contributed by atoms with Crippen LogP contribution in [-0.2, 0) is 12.8 Å². The number of aromatic nitrogens is 1. The highest BCUT2D eigenvalue weighted by Crippen LogP contribution is 2.37. The number of aromatic amines is 1. The van der Waals surface area contributed by atoms with Crippen molar-refractivity contribution in [2.75, 3.05) is 7.11 Å². The summed E-state index contributed by atoms with van der Waals surface area (Å²) in [6.45, 7) is 0. The number of nitrogens with one attached hydrogen (secondary N) is 1. The van der Waals surface area contributed by atoms with E-state index in [2.05, 4.69) is 29.2 Å². The lowest BCUT2D eigenvalue weighted by Gasteiger charge is -2.23. The number of halogens is 1. The summed E-state index contributed by atoms with van der Waals surface area (Å²) in [6.07, 6.45) is 3.35. The summed E-state index contributed by atoms with van der Waals surface area (Å²) in [5, 5.41) is 2.10. The van der Waals surface area contributed by atoms with E-state index in [9.17, 15) is 0 Å². The average Bonchev–Trinajstić information content (AvgIpc) is 2.92. The van der Waals surface area contributed by atoms with Gasteiger partial charge in [-0.05, 0) is 66.6 Å². The van der Waals surface area contributed by atoms with Crippen LogP contribution in [0.15, 0.2) is 42.5 Å². The highest BCUT2D eigenvalue weighted by atomic mass is 35.5. The molecule has 0 aliphatic heterocycles. The first-order valence-corrected chi connectivity index (χ1v) is 8.05. The van der Waals surface area contributed by atoms with Gasteiger partial charge in [0.1, 0.15) is 5.75 Å². The van der Waals surface area contributed by atoms with E-state index in [1.54, 1.807) is 7.11 Å². The summed E-state index contributed by atoms with van der Waals surface area (Å²) in [6, 6.07) is 14.6. The molecule has 0 saturated heterocycles. The van der Waals surface area contributed by atoms with Gasteiger partial charge in [0.2, 0.25) is 0 Å². The summed E-state index contributed by atoms with van der Waals surface area (Å²) in [5.41, 5.74) is 5.42. The van der Waals surface area contributed by atoms with E-state index < -0.39 is 0 Å². The molecule has 2 nitrogen and oxygen atoms in total. The maximum atomic E-state index is 6.01. The quantitative estimate of drug-likeness (QED) is 0.699. The third-order valence-corrected chi connectivity index (χ3v) is 4.99. The van der Waals surface area contributed by atoms with Gasteiger partial charge >= 0.3 is 0 Å². The van der Waals surface area contributed by atoms with Crippen molar-refractivity contribution in [2.45, 2.75) is 25.2 Å². The van der Waals surface area contributed by atoms with Gasteiger partial charge in [-0.2, -0.15) is 0 Å². The highest BCUT2D eigenvalue weighted by Gasteiger charge is 2.23. The topological polar surface area (TPSA) is 25.0 Å². The number of benzene rings is 2. The monoisotopic (exact) mass is 311 g/mol. The Hall–Kier alpha value is -1.93. The van der Waals surface area contributed by atoms with Gasteiger partial charge in [-0.15, -0.1) is 0 Å². The number of rotatable bonds is 2. The Bertz CT molecular complexity index is 819. The Balaban J connectivity index is 1.73. The molecule has 1 heterocycles. The van der Waals surface area contributed by atoms with Crippen molar-refractivity contribution in [3.05, 3.63) is 64.3 Å². The second-order valence-electron chi connectivity index (χ2n) is 5.98. The van der Waals surface area contributed by atoms with Crippen molar-refractivity contribution < 1.29 is 4.74 Å². The number of hydrogen-bond donors (Lipinski definition) is 1. The van der Waals surface area contributed by atoms with Crippen LogP contribution < -0.4 is 4.74 Å². The lowest BCUT2D eigenvalue weighted by Crippen LogP contribution is -2.11. The van der Waals surface area contributed by atoms with E-state index in [1.807, 2.05) is 18.2 Å². The smallest absolute Gasteiger partial charge is 0.119 e. The van der Waals surface area contributed by atoms with Gasteiger partial charge in [0.25, 0.3) is 0 Å². The molecular weight excluding hydrogens is 294 g/mol. The summed E-state index contributed by atoms with van der Waals surface area (Å²) in [5.74, 6) is 1.48. The molecule has 112 valence electrons. The minimum atomic E-state index is 0.565. The van der Waals surface area contributed by atoms with Crippen molar-refractivity contribution in [2.24, 2.45) is 0 Å². The third-order valence-electron chi connectivity index (χ3n) is 4.74. The van der Waals surface area contributed by atoms with Gasteiger partial charge < -0.3 is 9.72 Å². The molecule has 2 aromatic carbocycles. The summed E-state index contributed by atoms with van der Waals surface area (Å²) in [7, 11) is 1.72. The molecule has 3 aromatic rings. The standard InChI is InChI=1S/C19H18ClNO/c1-22-15-7-9-19-17(11-15)16-10-13(4-8-18(16)21-19)12-2-5-14(20)6-3-12/h2-3,5-7,9,11,13,21H,4,8,10H2,1H3. The lowest BCUT2D eigenvalue weighted by atomic mass is 9.82. The number of H-pyrrole nitrogens is 1. The number of ether oxygens (including phenoxy) is 1. The fourth-order valence-corrected chi connectivity index (χ4v) is 3.67. The minimum Gasteiger partial charge on any atom is -0.497 e. The zero-order valence-electron chi connectivity index (χ0n) is 12.5. The maximum Gasteiger partial charge on any atom is 0.119 e. The van der Waals surface area contributed by atoms with Crippen LogP contribution >= 0.6 is 11.6 Å². The first-order valence-electron chi connectivity index (χ1n) is 7.67. The molecule has 1 N–H and O–H groups in total. The fraction of sp³-hybridized carbons (Fsp3) is 0.263. The molecule has 4 rings (SSSR count). The van der Waals surface area contributed by atoms with Crippen LogP contribution in [0.25, 0.3) is 10.9 Å². The van der Waals surface area contributed by atoms with E-state index >= 15 is 0 Å². The van der Waals surface area contributed by atoms with E-state index in [4.69, 9.17) is 16.3 Å². The van der Waals surface area contributed by atoms with Gasteiger partial charge in [-0.25, -0.2) is 0 Å². The van der Waals surface area contributed by atoms with E-state index in [0.717, 1.165) is 23.6 Å². The number of aryl methyl sites for hydroxylation is 1. The number of methoxy groups -OCH3 is 1. The molecule has 0 saturated carbocycles. The second-order valence-corrected chi connectivity index (χ2v) is 6.42. The third kappa shape index (κ3) is 2.28. The van der Waals surface area contributed by atoms with Crippen LogP contribution in [-0.4, -0.2) is 12.1 Å². The summed E-state index contributed by atoms with van der Waals surface area (Å²) >= 11 is 6.01. The SMILES string of the molecule is COc1ccc2[nH]c3c(c2c1)CC(c1ccc(Cl)cc1)CC3. The Morgan fingerprint density at radius 1 is 1.14 bits per heavy atom. The Labute approximate surface area is 135 Å². The molecule has 1 unspecified atom stereocenters. The van der Waals surface area contributed by atoms with E-state index in [0.29, 0.717) is 5.92 Å². The van der Waals surface area contributed by atoms with Crippen LogP contribution in [0, 0.1) is 0 Å². The molecule has 0 amide bonds. The van der Waals surface area contributed by atoms with Crippen molar-refractivity contribution >= 4 is 22.5 Å². The Morgan fingerprint density at radius 2 is 1.95 bits per heavy atom. The highest BCUT2D eigenvalue weighted by molar-refractivity contribution is 6.30. The fourth-order valence-electron chi connectivity index (χ4n) is 3.54. The molecule has 1 aromatic heterocycles. The van der Waals surface area contributed by atoms with Crippen molar-refractivity contribution in [3.63, 3.8) is 0 Å². The van der Waals surface area contributed by atoms with Gasteiger partial charge in [0.15, 0.2) is 0 Å². The van der Waals surface area contributed by atoms with Crippen molar-refractivity contribution in [1.29, 1.82) is 0 Å². The predicted octanol–water partition coefficient (Wildman–Crippen LogP) is 5.10. The maximum absolute atomic E-state index is 6.01. The molecule has 1 aliphatic carbocycles. The molecular formula is C19H18ClNO. The first-order chi connectivity index (χ1) is 10.7. The van der Waals surface area contributed by atoms with Crippen LogP contribution in [0.2, 0.25) is 5.02 Å². The normalized spacial score (nSPS) is 17.5.